The molecule has 22 heavy (non-hydrogen) atoms. The highest BCUT2D eigenvalue weighted by molar-refractivity contribution is 6.37. The predicted molar refractivity (Wildman–Crippen MR) is 89.9 cm³/mol. The zero-order valence-corrected chi connectivity index (χ0v) is 14.5. The molecule has 0 radical (unpaired) electrons. The zero-order chi connectivity index (χ0) is 16.7. The van der Waals surface area contributed by atoms with E-state index < -0.39 is 6.04 Å². The van der Waals surface area contributed by atoms with E-state index in [1.165, 1.54) is 0 Å². The molecule has 124 valence electrons. The van der Waals surface area contributed by atoms with Gasteiger partial charge in [-0.3, -0.25) is 4.79 Å². The number of rotatable bonds is 8. The molecule has 0 aliphatic rings. The fraction of sp³-hybridized carbons (Fsp3) is 0.533. The summed E-state index contributed by atoms with van der Waals surface area (Å²) in [5.41, 5.74) is 6.37. The molecule has 3 N–H and O–H groups in total. The van der Waals surface area contributed by atoms with Crippen molar-refractivity contribution in [3.63, 3.8) is 0 Å². The van der Waals surface area contributed by atoms with Crippen LogP contribution in [0.25, 0.3) is 0 Å². The number of ether oxygens (including phenoxy) is 2. The fourth-order valence-electron chi connectivity index (χ4n) is 1.73. The lowest BCUT2D eigenvalue weighted by atomic mass is 9.99. The molecule has 0 bridgehead atoms. The summed E-state index contributed by atoms with van der Waals surface area (Å²) >= 11 is 12.3. The molecular weight excluding hydrogens is 327 g/mol. The molecular formula is C15H22Cl2N2O3. The third-order valence-electron chi connectivity index (χ3n) is 3.36. The minimum Gasteiger partial charge on any atom is -0.488 e. The number of hydrogen-bond donors (Lipinski definition) is 2. The first-order valence-electron chi connectivity index (χ1n) is 7.07. The van der Waals surface area contributed by atoms with Gasteiger partial charge >= 0.3 is 0 Å². The number of methoxy groups -OCH3 is 1. The van der Waals surface area contributed by atoms with Crippen LogP contribution in [0.5, 0.6) is 5.75 Å². The SMILES string of the molecule is CCC(C)C(N)C(=O)Nc1cc(Cl)c(OCCOC)c(Cl)c1. The number of carbonyl (C=O) groups excluding carboxylic acids is 1. The number of anilines is 1. The van der Waals surface area contributed by atoms with Gasteiger partial charge in [-0.05, 0) is 18.1 Å². The number of hydrogen-bond acceptors (Lipinski definition) is 4. The van der Waals surface area contributed by atoms with Crippen LogP contribution in [0.1, 0.15) is 20.3 Å². The van der Waals surface area contributed by atoms with Crippen molar-refractivity contribution >= 4 is 34.8 Å². The molecule has 0 aliphatic heterocycles. The Kier molecular flexibility index (Phi) is 7.96. The van der Waals surface area contributed by atoms with Gasteiger partial charge < -0.3 is 20.5 Å². The zero-order valence-electron chi connectivity index (χ0n) is 13.0. The second-order valence-electron chi connectivity index (χ2n) is 5.01. The highest BCUT2D eigenvalue weighted by Gasteiger charge is 2.20. The van der Waals surface area contributed by atoms with E-state index >= 15 is 0 Å². The number of halogens is 2. The third-order valence-corrected chi connectivity index (χ3v) is 3.92. The summed E-state index contributed by atoms with van der Waals surface area (Å²) in [7, 11) is 1.58. The summed E-state index contributed by atoms with van der Waals surface area (Å²) in [5.74, 6) is 0.182. The van der Waals surface area contributed by atoms with Crippen molar-refractivity contribution in [3.8, 4) is 5.75 Å². The minimum atomic E-state index is -0.583. The molecule has 0 aliphatic carbocycles. The summed E-state index contributed by atoms with van der Waals surface area (Å²) in [4.78, 5) is 12.1. The second-order valence-corrected chi connectivity index (χ2v) is 5.83. The summed E-state index contributed by atoms with van der Waals surface area (Å²) in [6, 6.07) is 2.58. The van der Waals surface area contributed by atoms with E-state index in [-0.39, 0.29) is 11.8 Å². The summed E-state index contributed by atoms with van der Waals surface area (Å²) in [6.07, 6.45) is 0.822. The Hall–Kier alpha value is -1.01. The Morgan fingerprint density at radius 3 is 2.41 bits per heavy atom. The molecule has 5 nitrogen and oxygen atoms in total. The Balaban J connectivity index is 2.79. The molecule has 1 amide bonds. The number of amides is 1. The number of benzene rings is 1. The maximum Gasteiger partial charge on any atom is 0.241 e. The summed E-state index contributed by atoms with van der Waals surface area (Å²) in [6.45, 7) is 4.67. The molecule has 1 rings (SSSR count). The van der Waals surface area contributed by atoms with Crippen molar-refractivity contribution < 1.29 is 14.3 Å². The lowest BCUT2D eigenvalue weighted by Crippen LogP contribution is -2.40. The summed E-state index contributed by atoms with van der Waals surface area (Å²) < 4.78 is 10.3. The number of nitrogens with one attached hydrogen (secondary N) is 1. The van der Waals surface area contributed by atoms with Gasteiger partial charge in [-0.15, -0.1) is 0 Å². The maximum absolute atomic E-state index is 12.1. The van der Waals surface area contributed by atoms with Crippen molar-refractivity contribution in [1.82, 2.24) is 0 Å². The lowest BCUT2D eigenvalue weighted by Gasteiger charge is -2.18. The molecule has 1 aromatic carbocycles. The maximum atomic E-state index is 12.1. The molecule has 2 atom stereocenters. The van der Waals surface area contributed by atoms with Crippen molar-refractivity contribution in [3.05, 3.63) is 22.2 Å². The predicted octanol–water partition coefficient (Wildman–Crippen LogP) is 3.33. The van der Waals surface area contributed by atoms with Gasteiger partial charge in [-0.1, -0.05) is 43.5 Å². The summed E-state index contributed by atoms with van der Waals surface area (Å²) in [5, 5.41) is 3.35. The van der Waals surface area contributed by atoms with Gasteiger partial charge in [-0.2, -0.15) is 0 Å². The standard InChI is InChI=1S/C15H22Cl2N2O3/c1-4-9(2)13(18)15(20)19-10-7-11(16)14(12(17)8-10)22-6-5-21-3/h7-9,13H,4-6,18H2,1-3H3,(H,19,20). The molecule has 0 aromatic heterocycles. The fourth-order valence-corrected chi connectivity index (χ4v) is 2.33. The number of nitrogens with two attached hydrogens (primary N) is 1. The first-order chi connectivity index (χ1) is 10.4. The highest BCUT2D eigenvalue weighted by Crippen LogP contribution is 2.36. The molecule has 0 saturated heterocycles. The van der Waals surface area contributed by atoms with Crippen LogP contribution < -0.4 is 15.8 Å². The van der Waals surface area contributed by atoms with E-state index in [2.05, 4.69) is 5.32 Å². The van der Waals surface area contributed by atoms with Crippen LogP contribution in [0.15, 0.2) is 12.1 Å². The van der Waals surface area contributed by atoms with E-state index in [0.717, 1.165) is 6.42 Å². The molecule has 7 heteroatoms. The molecule has 2 unspecified atom stereocenters. The van der Waals surface area contributed by atoms with Gasteiger partial charge in [0.05, 0.1) is 22.7 Å². The Morgan fingerprint density at radius 2 is 1.91 bits per heavy atom. The first-order valence-corrected chi connectivity index (χ1v) is 7.83. The van der Waals surface area contributed by atoms with Crippen LogP contribution in [0, 0.1) is 5.92 Å². The van der Waals surface area contributed by atoms with Gasteiger partial charge in [0.15, 0.2) is 5.75 Å². The molecule has 0 spiro atoms. The van der Waals surface area contributed by atoms with Gasteiger partial charge in [-0.25, -0.2) is 0 Å². The van der Waals surface area contributed by atoms with Gasteiger partial charge in [0, 0.05) is 12.8 Å². The minimum absolute atomic E-state index is 0.0857. The van der Waals surface area contributed by atoms with E-state index in [9.17, 15) is 4.79 Å². The van der Waals surface area contributed by atoms with Crippen LogP contribution in [0.4, 0.5) is 5.69 Å². The average Bonchev–Trinajstić information content (AvgIpc) is 2.48. The van der Waals surface area contributed by atoms with Crippen LogP contribution >= 0.6 is 23.2 Å². The van der Waals surface area contributed by atoms with Crippen molar-refractivity contribution in [2.24, 2.45) is 11.7 Å². The van der Waals surface area contributed by atoms with Gasteiger partial charge in [0.2, 0.25) is 5.91 Å². The van der Waals surface area contributed by atoms with E-state index in [1.807, 2.05) is 13.8 Å². The van der Waals surface area contributed by atoms with Crippen molar-refractivity contribution in [1.29, 1.82) is 0 Å². The van der Waals surface area contributed by atoms with Crippen LogP contribution in [0.2, 0.25) is 10.0 Å². The van der Waals surface area contributed by atoms with Crippen LogP contribution in [-0.4, -0.2) is 32.3 Å². The quantitative estimate of drug-likeness (QED) is 0.706. The molecule has 0 saturated carbocycles. The van der Waals surface area contributed by atoms with E-state index in [4.69, 9.17) is 38.4 Å². The van der Waals surface area contributed by atoms with Gasteiger partial charge in [0.25, 0.3) is 0 Å². The molecule has 0 heterocycles. The Morgan fingerprint density at radius 1 is 1.32 bits per heavy atom. The number of carbonyl (C=O) groups is 1. The van der Waals surface area contributed by atoms with E-state index in [1.54, 1.807) is 19.2 Å². The lowest BCUT2D eigenvalue weighted by molar-refractivity contribution is -0.118. The second kappa shape index (κ2) is 9.20. The van der Waals surface area contributed by atoms with Crippen molar-refractivity contribution in [2.45, 2.75) is 26.3 Å². The smallest absolute Gasteiger partial charge is 0.241 e. The van der Waals surface area contributed by atoms with Crippen LogP contribution in [0.3, 0.4) is 0 Å². The Bertz CT molecular complexity index is 489. The highest BCUT2D eigenvalue weighted by atomic mass is 35.5. The van der Waals surface area contributed by atoms with Gasteiger partial charge in [0.1, 0.15) is 6.61 Å². The third kappa shape index (κ3) is 5.32. The van der Waals surface area contributed by atoms with E-state index in [0.29, 0.717) is 34.7 Å². The normalized spacial score (nSPS) is 13.5. The molecule has 0 fully saturated rings. The Labute approximate surface area is 141 Å². The molecule has 1 aromatic rings. The topological polar surface area (TPSA) is 73.6 Å². The largest absolute Gasteiger partial charge is 0.488 e. The first kappa shape index (κ1) is 19.0. The van der Waals surface area contributed by atoms with Crippen LogP contribution in [-0.2, 0) is 9.53 Å². The monoisotopic (exact) mass is 348 g/mol. The average molecular weight is 349 g/mol. The van der Waals surface area contributed by atoms with Crippen molar-refractivity contribution in [2.75, 3.05) is 25.6 Å².